The van der Waals surface area contributed by atoms with Gasteiger partial charge in [-0.2, -0.15) is 0 Å². The minimum absolute atomic E-state index is 0.0182. The second kappa shape index (κ2) is 5.24. The van der Waals surface area contributed by atoms with Crippen LogP contribution in [0.2, 0.25) is 5.02 Å². The van der Waals surface area contributed by atoms with Gasteiger partial charge < -0.3 is 11.1 Å². The highest BCUT2D eigenvalue weighted by molar-refractivity contribution is 6.30. The summed E-state index contributed by atoms with van der Waals surface area (Å²) in [4.78, 5) is 11.9. The maximum Gasteiger partial charge on any atom is 0.257 e. The molecule has 2 aromatic rings. The van der Waals surface area contributed by atoms with E-state index in [1.54, 1.807) is 0 Å². The van der Waals surface area contributed by atoms with Crippen molar-refractivity contribution in [3.8, 4) is 0 Å². The van der Waals surface area contributed by atoms with Gasteiger partial charge in [0.25, 0.3) is 5.91 Å². The Morgan fingerprint density at radius 3 is 2.58 bits per heavy atom. The molecule has 0 spiro atoms. The maximum atomic E-state index is 13.2. The number of nitrogen functional groups attached to an aromatic ring is 1. The largest absolute Gasteiger partial charge is 0.396 e. The highest BCUT2D eigenvalue weighted by Crippen LogP contribution is 2.21. The standard InChI is InChI=1S/C13H9ClF2N2O/c14-9-5-4-7(6-11(9)16)18-13(19)8-2-1-3-10(15)12(8)17/h1-6H,17H2,(H,18,19). The lowest BCUT2D eigenvalue weighted by Gasteiger charge is -2.08. The number of benzene rings is 2. The van der Waals surface area contributed by atoms with Crippen molar-refractivity contribution in [3.05, 3.63) is 58.6 Å². The first-order chi connectivity index (χ1) is 8.99. The first kappa shape index (κ1) is 13.3. The van der Waals surface area contributed by atoms with Gasteiger partial charge in [-0.15, -0.1) is 0 Å². The molecule has 0 unspecified atom stereocenters. The van der Waals surface area contributed by atoms with Crippen LogP contribution in [0.1, 0.15) is 10.4 Å². The molecule has 0 aliphatic rings. The highest BCUT2D eigenvalue weighted by Gasteiger charge is 2.13. The number of hydrogen-bond donors (Lipinski definition) is 2. The summed E-state index contributed by atoms with van der Waals surface area (Å²) in [5, 5.41) is 2.36. The molecule has 0 bridgehead atoms. The number of carbonyl (C=O) groups excluding carboxylic acids is 1. The third-order valence-corrected chi connectivity index (χ3v) is 2.78. The molecule has 3 N–H and O–H groups in total. The Kier molecular flexibility index (Phi) is 3.66. The molecule has 0 aromatic heterocycles. The molecular formula is C13H9ClF2N2O. The predicted octanol–water partition coefficient (Wildman–Crippen LogP) is 3.45. The first-order valence-electron chi connectivity index (χ1n) is 5.29. The van der Waals surface area contributed by atoms with Gasteiger partial charge in [-0.1, -0.05) is 17.7 Å². The number of para-hydroxylation sites is 1. The monoisotopic (exact) mass is 282 g/mol. The van der Waals surface area contributed by atoms with Gasteiger partial charge in [-0.05, 0) is 30.3 Å². The molecule has 2 aromatic carbocycles. The van der Waals surface area contributed by atoms with Crippen LogP contribution in [-0.4, -0.2) is 5.91 Å². The molecule has 0 atom stereocenters. The van der Waals surface area contributed by atoms with Crippen LogP contribution < -0.4 is 11.1 Å². The molecule has 6 heteroatoms. The van der Waals surface area contributed by atoms with Gasteiger partial charge in [0.05, 0.1) is 16.3 Å². The average molecular weight is 283 g/mol. The Balaban J connectivity index is 2.26. The van der Waals surface area contributed by atoms with E-state index in [1.807, 2.05) is 0 Å². The second-order valence-electron chi connectivity index (χ2n) is 3.78. The van der Waals surface area contributed by atoms with Gasteiger partial charge in [0.1, 0.15) is 11.6 Å². The lowest BCUT2D eigenvalue weighted by molar-refractivity contribution is 0.102. The van der Waals surface area contributed by atoms with Gasteiger partial charge >= 0.3 is 0 Å². The number of carbonyl (C=O) groups is 1. The van der Waals surface area contributed by atoms with Crippen LogP contribution in [0.15, 0.2) is 36.4 Å². The van der Waals surface area contributed by atoms with E-state index >= 15 is 0 Å². The summed E-state index contributed by atoms with van der Waals surface area (Å²) in [6.45, 7) is 0. The molecule has 0 aliphatic carbocycles. The number of nitrogens with two attached hydrogens (primary N) is 1. The van der Waals surface area contributed by atoms with Crippen molar-refractivity contribution in [1.29, 1.82) is 0 Å². The fourth-order valence-electron chi connectivity index (χ4n) is 1.51. The van der Waals surface area contributed by atoms with Crippen molar-refractivity contribution < 1.29 is 13.6 Å². The minimum atomic E-state index is -0.685. The van der Waals surface area contributed by atoms with Crippen LogP contribution in [0.25, 0.3) is 0 Å². The van der Waals surface area contributed by atoms with Gasteiger partial charge in [-0.3, -0.25) is 4.79 Å². The number of halogens is 3. The SMILES string of the molecule is Nc1c(F)cccc1C(=O)Nc1ccc(Cl)c(F)c1. The zero-order valence-electron chi connectivity index (χ0n) is 9.58. The Labute approximate surface area is 113 Å². The molecule has 0 saturated heterocycles. The minimum Gasteiger partial charge on any atom is -0.396 e. The molecule has 19 heavy (non-hydrogen) atoms. The van der Waals surface area contributed by atoms with Gasteiger partial charge in [0, 0.05) is 5.69 Å². The summed E-state index contributed by atoms with van der Waals surface area (Å²) in [5.74, 6) is -1.97. The van der Waals surface area contributed by atoms with Crippen molar-refractivity contribution in [2.75, 3.05) is 11.1 Å². The lowest BCUT2D eigenvalue weighted by Crippen LogP contribution is -2.14. The van der Waals surface area contributed by atoms with E-state index in [0.717, 1.165) is 12.1 Å². The highest BCUT2D eigenvalue weighted by atomic mass is 35.5. The van der Waals surface area contributed by atoms with Crippen LogP contribution in [0.5, 0.6) is 0 Å². The fraction of sp³-hybridized carbons (Fsp3) is 0. The van der Waals surface area contributed by atoms with Crippen LogP contribution in [0.3, 0.4) is 0 Å². The van der Waals surface area contributed by atoms with Crippen molar-refractivity contribution in [3.63, 3.8) is 0 Å². The van der Waals surface area contributed by atoms with E-state index in [4.69, 9.17) is 17.3 Å². The zero-order chi connectivity index (χ0) is 14.0. The van der Waals surface area contributed by atoms with E-state index in [9.17, 15) is 13.6 Å². The number of anilines is 2. The zero-order valence-corrected chi connectivity index (χ0v) is 10.3. The number of amides is 1. The maximum absolute atomic E-state index is 13.2. The smallest absolute Gasteiger partial charge is 0.257 e. The summed E-state index contributed by atoms with van der Waals surface area (Å²) in [6, 6.07) is 7.69. The number of nitrogens with one attached hydrogen (secondary N) is 1. The molecule has 0 saturated carbocycles. The summed E-state index contributed by atoms with van der Waals surface area (Å²) in [6.07, 6.45) is 0. The van der Waals surface area contributed by atoms with Crippen LogP contribution in [0, 0.1) is 11.6 Å². The third kappa shape index (κ3) is 2.82. The quantitative estimate of drug-likeness (QED) is 0.829. The number of hydrogen-bond acceptors (Lipinski definition) is 2. The van der Waals surface area contributed by atoms with E-state index in [1.165, 1.54) is 24.3 Å². The van der Waals surface area contributed by atoms with Gasteiger partial charge in [0.2, 0.25) is 0 Å². The second-order valence-corrected chi connectivity index (χ2v) is 4.19. The molecular weight excluding hydrogens is 274 g/mol. The van der Waals surface area contributed by atoms with Crippen molar-refractivity contribution >= 4 is 28.9 Å². The fourth-order valence-corrected chi connectivity index (χ4v) is 1.62. The lowest BCUT2D eigenvalue weighted by atomic mass is 10.1. The van der Waals surface area contributed by atoms with Crippen molar-refractivity contribution in [2.45, 2.75) is 0 Å². The first-order valence-corrected chi connectivity index (χ1v) is 5.67. The normalized spacial score (nSPS) is 10.3. The Hall–Kier alpha value is -2.14. The number of rotatable bonds is 2. The Morgan fingerprint density at radius 2 is 1.89 bits per heavy atom. The Morgan fingerprint density at radius 1 is 1.16 bits per heavy atom. The topological polar surface area (TPSA) is 55.1 Å². The van der Waals surface area contributed by atoms with Crippen molar-refractivity contribution in [1.82, 2.24) is 0 Å². The van der Waals surface area contributed by atoms with Crippen LogP contribution in [-0.2, 0) is 0 Å². The molecule has 98 valence electrons. The third-order valence-electron chi connectivity index (χ3n) is 2.48. The van der Waals surface area contributed by atoms with E-state index < -0.39 is 17.5 Å². The average Bonchev–Trinajstić information content (AvgIpc) is 2.37. The summed E-state index contributed by atoms with van der Waals surface area (Å²) in [7, 11) is 0. The predicted molar refractivity (Wildman–Crippen MR) is 70.2 cm³/mol. The van der Waals surface area contributed by atoms with Crippen LogP contribution in [0.4, 0.5) is 20.2 Å². The summed E-state index contributed by atoms with van der Waals surface area (Å²) < 4.78 is 26.4. The van der Waals surface area contributed by atoms with E-state index in [2.05, 4.69) is 5.32 Å². The molecule has 0 heterocycles. The Bertz CT molecular complexity index is 647. The molecule has 0 radical (unpaired) electrons. The summed E-state index contributed by atoms with van der Waals surface area (Å²) >= 11 is 5.52. The molecule has 3 nitrogen and oxygen atoms in total. The summed E-state index contributed by atoms with van der Waals surface area (Å²) in [5.41, 5.74) is 5.39. The van der Waals surface area contributed by atoms with Gasteiger partial charge in [-0.25, -0.2) is 8.78 Å². The molecule has 2 rings (SSSR count). The van der Waals surface area contributed by atoms with Crippen LogP contribution >= 0.6 is 11.6 Å². The molecule has 0 aliphatic heterocycles. The molecule has 0 fully saturated rings. The van der Waals surface area contributed by atoms with Gasteiger partial charge in [0.15, 0.2) is 0 Å². The van der Waals surface area contributed by atoms with E-state index in [-0.39, 0.29) is 22.0 Å². The van der Waals surface area contributed by atoms with Crippen molar-refractivity contribution in [2.24, 2.45) is 0 Å². The molecule has 1 amide bonds. The van der Waals surface area contributed by atoms with E-state index in [0.29, 0.717) is 0 Å².